The molecule has 0 bridgehead atoms. The van der Waals surface area contributed by atoms with E-state index in [0.717, 1.165) is 23.1 Å². The summed E-state index contributed by atoms with van der Waals surface area (Å²) in [4.78, 5) is 4.09. The number of hydrogen-bond donors (Lipinski definition) is 1. The topological polar surface area (TPSA) is 75.4 Å². The Morgan fingerprint density at radius 1 is 1.14 bits per heavy atom. The summed E-state index contributed by atoms with van der Waals surface area (Å²) in [5.74, 6) is 1.38. The summed E-state index contributed by atoms with van der Waals surface area (Å²) in [7, 11) is 1.61. The second kappa shape index (κ2) is 9.72. The molecule has 3 aromatic rings. The Hall–Kier alpha value is -3.36. The quantitative estimate of drug-likeness (QED) is 0.619. The van der Waals surface area contributed by atoms with Crippen LogP contribution in [-0.4, -0.2) is 29.4 Å². The molecule has 0 saturated carbocycles. The van der Waals surface area contributed by atoms with Gasteiger partial charge in [-0.3, -0.25) is 4.98 Å². The van der Waals surface area contributed by atoms with Crippen LogP contribution in [0.25, 0.3) is 11.1 Å². The van der Waals surface area contributed by atoms with Crippen molar-refractivity contribution in [3.63, 3.8) is 0 Å². The van der Waals surface area contributed by atoms with Gasteiger partial charge in [-0.25, -0.2) is 0 Å². The highest BCUT2D eigenvalue weighted by Crippen LogP contribution is 2.32. The van der Waals surface area contributed by atoms with Crippen LogP contribution in [0.15, 0.2) is 67.0 Å². The molecule has 0 aliphatic heterocycles. The molecule has 2 atom stereocenters. The van der Waals surface area contributed by atoms with E-state index < -0.39 is 6.10 Å². The fourth-order valence-corrected chi connectivity index (χ4v) is 3.10. The number of rotatable bonds is 8. The van der Waals surface area contributed by atoms with Gasteiger partial charge in [-0.15, -0.1) is 0 Å². The van der Waals surface area contributed by atoms with E-state index in [1.807, 2.05) is 49.5 Å². The average Bonchev–Trinajstić information content (AvgIpc) is 2.78. The lowest BCUT2D eigenvalue weighted by molar-refractivity contribution is 0.0420. The maximum atomic E-state index is 10.4. The first-order chi connectivity index (χ1) is 14.1. The first-order valence-corrected chi connectivity index (χ1v) is 9.53. The van der Waals surface area contributed by atoms with Crippen molar-refractivity contribution in [1.82, 2.24) is 4.98 Å². The molecule has 3 rings (SSSR count). The summed E-state index contributed by atoms with van der Waals surface area (Å²) in [5.41, 5.74) is 3.45. The summed E-state index contributed by atoms with van der Waals surface area (Å²) in [6.45, 7) is 1.86. The lowest BCUT2D eigenvalue weighted by Gasteiger charge is -2.21. The number of aliphatic hydroxyl groups is 1. The second-order valence-electron chi connectivity index (χ2n) is 6.84. The molecule has 2 aromatic carbocycles. The highest BCUT2D eigenvalue weighted by molar-refractivity contribution is 5.72. The summed E-state index contributed by atoms with van der Waals surface area (Å²) < 4.78 is 11.3. The van der Waals surface area contributed by atoms with E-state index in [1.165, 1.54) is 0 Å². The molecule has 0 unspecified atom stereocenters. The van der Waals surface area contributed by atoms with Crippen molar-refractivity contribution < 1.29 is 14.6 Å². The minimum atomic E-state index is -0.581. The SMILES string of the molecule is COc1ccc(C#N)cc1-c1ccc(O[C@@H](C)[C@H](O)CCc2cccnc2)cc1. The number of aryl methyl sites for hydroxylation is 1. The molecule has 0 saturated heterocycles. The Morgan fingerprint density at radius 3 is 2.59 bits per heavy atom. The Bertz CT molecular complexity index is 966. The van der Waals surface area contributed by atoms with Gasteiger partial charge in [0.05, 0.1) is 24.8 Å². The first-order valence-electron chi connectivity index (χ1n) is 9.53. The molecule has 0 aliphatic rings. The van der Waals surface area contributed by atoms with Gasteiger partial charge in [-0.05, 0) is 67.3 Å². The molecular weight excluding hydrogens is 364 g/mol. The fourth-order valence-electron chi connectivity index (χ4n) is 3.10. The number of nitrogens with zero attached hydrogens (tertiary/aromatic N) is 2. The van der Waals surface area contributed by atoms with Crippen molar-refractivity contribution in [2.45, 2.75) is 32.0 Å². The van der Waals surface area contributed by atoms with Gasteiger partial charge in [0, 0.05) is 18.0 Å². The third kappa shape index (κ3) is 5.34. The van der Waals surface area contributed by atoms with Gasteiger partial charge in [0.15, 0.2) is 0 Å². The van der Waals surface area contributed by atoms with Gasteiger partial charge < -0.3 is 14.6 Å². The van der Waals surface area contributed by atoms with E-state index in [1.54, 1.807) is 31.5 Å². The summed E-state index contributed by atoms with van der Waals surface area (Å²) in [6, 6.07) is 18.9. The predicted molar refractivity (Wildman–Crippen MR) is 112 cm³/mol. The lowest BCUT2D eigenvalue weighted by Crippen LogP contribution is -2.29. The third-order valence-electron chi connectivity index (χ3n) is 4.81. The molecule has 0 aliphatic carbocycles. The van der Waals surface area contributed by atoms with E-state index in [9.17, 15) is 5.11 Å². The zero-order valence-corrected chi connectivity index (χ0v) is 16.6. The molecule has 148 valence electrons. The number of methoxy groups -OCH3 is 1. The lowest BCUT2D eigenvalue weighted by atomic mass is 10.0. The molecule has 29 heavy (non-hydrogen) atoms. The van der Waals surface area contributed by atoms with Crippen molar-refractivity contribution in [2.24, 2.45) is 0 Å². The molecule has 5 nitrogen and oxygen atoms in total. The number of aliphatic hydroxyl groups excluding tert-OH is 1. The Morgan fingerprint density at radius 2 is 1.93 bits per heavy atom. The Balaban J connectivity index is 1.64. The molecule has 1 aromatic heterocycles. The molecule has 0 radical (unpaired) electrons. The second-order valence-corrected chi connectivity index (χ2v) is 6.84. The van der Waals surface area contributed by atoms with Gasteiger partial charge >= 0.3 is 0 Å². The molecule has 1 N–H and O–H groups in total. The fraction of sp³-hybridized carbons (Fsp3) is 0.250. The van der Waals surface area contributed by atoms with Crippen molar-refractivity contribution in [3.05, 3.63) is 78.1 Å². The van der Waals surface area contributed by atoms with Crippen LogP contribution in [0.4, 0.5) is 0 Å². The zero-order valence-electron chi connectivity index (χ0n) is 16.6. The Kier molecular flexibility index (Phi) is 6.83. The van der Waals surface area contributed by atoms with E-state index in [4.69, 9.17) is 14.7 Å². The van der Waals surface area contributed by atoms with Gasteiger partial charge in [0.2, 0.25) is 0 Å². The number of benzene rings is 2. The molecule has 1 heterocycles. The smallest absolute Gasteiger partial charge is 0.126 e. The van der Waals surface area contributed by atoms with Crippen LogP contribution >= 0.6 is 0 Å². The number of ether oxygens (including phenoxy) is 2. The highest BCUT2D eigenvalue weighted by atomic mass is 16.5. The largest absolute Gasteiger partial charge is 0.496 e. The van der Waals surface area contributed by atoms with Crippen LogP contribution < -0.4 is 9.47 Å². The number of aromatic nitrogens is 1. The van der Waals surface area contributed by atoms with E-state index in [0.29, 0.717) is 23.5 Å². The van der Waals surface area contributed by atoms with Crippen molar-refractivity contribution in [1.29, 1.82) is 5.26 Å². The van der Waals surface area contributed by atoms with Crippen LogP contribution in [0.2, 0.25) is 0 Å². The minimum Gasteiger partial charge on any atom is -0.496 e. The van der Waals surface area contributed by atoms with Crippen LogP contribution in [0.1, 0.15) is 24.5 Å². The maximum absolute atomic E-state index is 10.4. The maximum Gasteiger partial charge on any atom is 0.126 e. The van der Waals surface area contributed by atoms with Gasteiger partial charge in [-0.2, -0.15) is 5.26 Å². The standard InChI is InChI=1S/C24H24N2O3/c1-17(23(27)11-5-18-4-3-13-26-16-18)29-21-9-7-20(8-10-21)22-14-19(15-25)6-12-24(22)28-2/h3-4,6-10,12-14,16-17,23,27H,5,11H2,1-2H3/t17-,23+/m0/s1. The predicted octanol–water partition coefficient (Wildman–Crippen LogP) is 4.39. The van der Waals surface area contributed by atoms with Crippen LogP contribution in [0, 0.1) is 11.3 Å². The molecule has 0 spiro atoms. The van der Waals surface area contributed by atoms with Crippen LogP contribution in [0.3, 0.4) is 0 Å². The Labute approximate surface area is 171 Å². The summed E-state index contributed by atoms with van der Waals surface area (Å²) in [6.07, 6.45) is 3.98. The van der Waals surface area contributed by atoms with E-state index in [2.05, 4.69) is 11.1 Å². The number of nitriles is 1. The van der Waals surface area contributed by atoms with Crippen LogP contribution in [-0.2, 0) is 6.42 Å². The number of hydrogen-bond acceptors (Lipinski definition) is 5. The third-order valence-corrected chi connectivity index (χ3v) is 4.81. The van der Waals surface area contributed by atoms with E-state index in [-0.39, 0.29) is 6.10 Å². The molecular formula is C24H24N2O3. The summed E-state index contributed by atoms with van der Waals surface area (Å²) in [5, 5.41) is 19.6. The van der Waals surface area contributed by atoms with E-state index >= 15 is 0 Å². The zero-order chi connectivity index (χ0) is 20.6. The van der Waals surface area contributed by atoms with Crippen molar-refractivity contribution in [3.8, 4) is 28.7 Å². The average molecular weight is 388 g/mol. The molecule has 5 heteroatoms. The van der Waals surface area contributed by atoms with Gasteiger partial charge in [0.25, 0.3) is 0 Å². The summed E-state index contributed by atoms with van der Waals surface area (Å²) >= 11 is 0. The highest BCUT2D eigenvalue weighted by Gasteiger charge is 2.16. The molecule has 0 fully saturated rings. The minimum absolute atomic E-state index is 0.339. The monoisotopic (exact) mass is 388 g/mol. The van der Waals surface area contributed by atoms with Gasteiger partial charge in [0.1, 0.15) is 17.6 Å². The normalized spacial score (nSPS) is 12.6. The van der Waals surface area contributed by atoms with Crippen molar-refractivity contribution >= 4 is 0 Å². The van der Waals surface area contributed by atoms with Crippen molar-refractivity contribution in [2.75, 3.05) is 7.11 Å². The first kappa shape index (κ1) is 20.4. The number of pyridine rings is 1. The molecule has 0 amide bonds. The van der Waals surface area contributed by atoms with Gasteiger partial charge in [-0.1, -0.05) is 18.2 Å². The van der Waals surface area contributed by atoms with Crippen LogP contribution in [0.5, 0.6) is 11.5 Å².